The average molecular weight is 266 g/mol. The Bertz CT molecular complexity index is 661. The van der Waals surface area contributed by atoms with E-state index in [1.165, 1.54) is 6.07 Å². The van der Waals surface area contributed by atoms with E-state index in [-0.39, 0.29) is 18.0 Å². The lowest BCUT2D eigenvalue weighted by molar-refractivity contribution is 0.108. The van der Waals surface area contributed by atoms with Crippen LogP contribution in [0.15, 0.2) is 12.1 Å². The van der Waals surface area contributed by atoms with E-state index in [0.717, 1.165) is 24.1 Å². The van der Waals surface area contributed by atoms with Crippen molar-refractivity contribution in [3.8, 4) is 0 Å². The average Bonchev–Trinajstić information content (AvgIpc) is 2.83. The van der Waals surface area contributed by atoms with Crippen LogP contribution in [0.2, 0.25) is 0 Å². The second kappa shape index (κ2) is 4.17. The maximum absolute atomic E-state index is 13.6. The van der Waals surface area contributed by atoms with E-state index in [4.69, 9.17) is 17.0 Å². The van der Waals surface area contributed by atoms with Crippen LogP contribution in [0, 0.1) is 17.5 Å². The summed E-state index contributed by atoms with van der Waals surface area (Å²) in [6, 6.07) is 3.59. The fraction of sp³-hybridized carbons (Fsp3) is 0.462. The smallest absolute Gasteiger partial charge is 0.178 e. The van der Waals surface area contributed by atoms with Crippen molar-refractivity contribution in [2.45, 2.75) is 32.4 Å². The van der Waals surface area contributed by atoms with Crippen LogP contribution in [-0.2, 0) is 4.74 Å². The standard InChI is InChI=1S/C13H15FN2OS/c1-7-5-12-10(6-9(7)14)15-13(18)16(12)11-3-4-17-8(11)2/h5-6,8,11H,3-4H2,1-2H3,(H,15,18). The third kappa shape index (κ3) is 1.69. The van der Waals surface area contributed by atoms with Gasteiger partial charge in [0.25, 0.3) is 0 Å². The minimum absolute atomic E-state index is 0.140. The first-order valence-corrected chi connectivity index (χ1v) is 6.50. The van der Waals surface area contributed by atoms with Crippen LogP contribution in [0.5, 0.6) is 0 Å². The topological polar surface area (TPSA) is 29.9 Å². The summed E-state index contributed by atoms with van der Waals surface area (Å²) >= 11 is 5.36. The van der Waals surface area contributed by atoms with E-state index in [9.17, 15) is 4.39 Å². The van der Waals surface area contributed by atoms with Crippen LogP contribution < -0.4 is 0 Å². The number of benzene rings is 1. The van der Waals surface area contributed by atoms with Crippen molar-refractivity contribution in [2.75, 3.05) is 6.61 Å². The van der Waals surface area contributed by atoms with Gasteiger partial charge >= 0.3 is 0 Å². The van der Waals surface area contributed by atoms with Crippen molar-refractivity contribution in [3.05, 3.63) is 28.3 Å². The van der Waals surface area contributed by atoms with E-state index < -0.39 is 0 Å². The predicted octanol–water partition coefficient (Wildman–Crippen LogP) is 3.50. The van der Waals surface area contributed by atoms with Crippen molar-refractivity contribution < 1.29 is 9.13 Å². The first-order valence-electron chi connectivity index (χ1n) is 6.10. The maximum Gasteiger partial charge on any atom is 0.178 e. The molecule has 96 valence electrons. The molecular weight excluding hydrogens is 251 g/mol. The van der Waals surface area contributed by atoms with Crippen LogP contribution in [0.1, 0.15) is 24.9 Å². The van der Waals surface area contributed by atoms with Crippen LogP contribution >= 0.6 is 12.2 Å². The van der Waals surface area contributed by atoms with Crippen LogP contribution in [0.3, 0.4) is 0 Å². The molecule has 1 fully saturated rings. The number of H-pyrrole nitrogens is 1. The maximum atomic E-state index is 13.6. The van der Waals surface area contributed by atoms with E-state index in [1.54, 1.807) is 6.92 Å². The Morgan fingerprint density at radius 1 is 1.50 bits per heavy atom. The lowest BCUT2D eigenvalue weighted by Gasteiger charge is -2.17. The number of hydrogen-bond acceptors (Lipinski definition) is 2. The van der Waals surface area contributed by atoms with Crippen LogP contribution in [0.4, 0.5) is 4.39 Å². The Morgan fingerprint density at radius 2 is 2.28 bits per heavy atom. The highest BCUT2D eigenvalue weighted by atomic mass is 32.1. The molecule has 0 saturated carbocycles. The summed E-state index contributed by atoms with van der Waals surface area (Å²) in [6.45, 7) is 4.57. The van der Waals surface area contributed by atoms with Gasteiger partial charge in [0, 0.05) is 6.61 Å². The van der Waals surface area contributed by atoms with Gasteiger partial charge in [-0.05, 0) is 50.2 Å². The van der Waals surface area contributed by atoms with Crippen molar-refractivity contribution in [1.82, 2.24) is 9.55 Å². The van der Waals surface area contributed by atoms with Crippen molar-refractivity contribution in [3.63, 3.8) is 0 Å². The molecule has 0 bridgehead atoms. The van der Waals surface area contributed by atoms with E-state index in [0.29, 0.717) is 10.3 Å². The number of halogens is 1. The quantitative estimate of drug-likeness (QED) is 0.801. The number of imidazole rings is 1. The predicted molar refractivity (Wildman–Crippen MR) is 70.9 cm³/mol. The summed E-state index contributed by atoms with van der Waals surface area (Å²) < 4.78 is 21.8. The number of nitrogens with zero attached hydrogens (tertiary/aromatic N) is 1. The summed E-state index contributed by atoms with van der Waals surface area (Å²) in [5.41, 5.74) is 2.35. The highest BCUT2D eigenvalue weighted by molar-refractivity contribution is 7.71. The normalized spacial score (nSPS) is 23.9. The monoisotopic (exact) mass is 266 g/mol. The molecule has 2 unspecified atom stereocenters. The summed E-state index contributed by atoms with van der Waals surface area (Å²) in [5, 5.41) is 0. The molecule has 18 heavy (non-hydrogen) atoms. The Hall–Kier alpha value is -1.20. The van der Waals surface area contributed by atoms with Crippen LogP contribution in [-0.4, -0.2) is 22.3 Å². The molecule has 3 rings (SSSR count). The summed E-state index contributed by atoms with van der Waals surface area (Å²) in [4.78, 5) is 3.07. The molecule has 0 radical (unpaired) electrons. The lowest BCUT2D eigenvalue weighted by atomic mass is 10.1. The molecule has 1 N–H and O–H groups in total. The number of fused-ring (bicyclic) bond motifs is 1. The molecule has 2 heterocycles. The van der Waals surface area contributed by atoms with Gasteiger partial charge in [0.2, 0.25) is 0 Å². The molecule has 5 heteroatoms. The summed E-state index contributed by atoms with van der Waals surface area (Å²) in [7, 11) is 0. The van der Waals surface area contributed by atoms with Gasteiger partial charge in [0.15, 0.2) is 4.77 Å². The molecule has 1 aromatic heterocycles. The van der Waals surface area contributed by atoms with E-state index in [2.05, 4.69) is 16.5 Å². The largest absolute Gasteiger partial charge is 0.376 e. The summed E-state index contributed by atoms with van der Waals surface area (Å²) in [5.74, 6) is -0.207. The summed E-state index contributed by atoms with van der Waals surface area (Å²) in [6.07, 6.45) is 1.08. The van der Waals surface area contributed by atoms with Gasteiger partial charge in [0.05, 0.1) is 23.2 Å². The first kappa shape index (κ1) is 11.9. The number of rotatable bonds is 1. The van der Waals surface area contributed by atoms with Gasteiger partial charge in [0.1, 0.15) is 5.82 Å². The molecule has 1 aromatic carbocycles. The van der Waals surface area contributed by atoms with E-state index in [1.807, 2.05) is 6.07 Å². The molecule has 2 atom stereocenters. The molecule has 0 amide bonds. The van der Waals surface area contributed by atoms with Crippen molar-refractivity contribution in [2.24, 2.45) is 0 Å². The third-order valence-electron chi connectivity index (χ3n) is 3.66. The zero-order valence-electron chi connectivity index (χ0n) is 10.4. The number of aryl methyl sites for hydroxylation is 1. The van der Waals surface area contributed by atoms with Gasteiger partial charge in [-0.25, -0.2) is 4.39 Å². The highest BCUT2D eigenvalue weighted by Gasteiger charge is 2.27. The number of ether oxygens (including phenoxy) is 1. The van der Waals surface area contributed by atoms with Gasteiger partial charge in [-0.2, -0.15) is 0 Å². The Balaban J connectivity index is 2.25. The van der Waals surface area contributed by atoms with Gasteiger partial charge < -0.3 is 14.3 Å². The Labute approximate surface area is 110 Å². The minimum atomic E-state index is -0.207. The zero-order valence-corrected chi connectivity index (χ0v) is 11.2. The fourth-order valence-electron chi connectivity index (χ4n) is 2.64. The number of aromatic amines is 1. The molecule has 1 aliphatic heterocycles. The molecule has 0 aliphatic carbocycles. The molecule has 1 saturated heterocycles. The Kier molecular flexibility index (Phi) is 2.75. The zero-order chi connectivity index (χ0) is 12.9. The minimum Gasteiger partial charge on any atom is -0.376 e. The second-order valence-corrected chi connectivity index (χ2v) is 5.24. The van der Waals surface area contributed by atoms with Crippen molar-refractivity contribution in [1.29, 1.82) is 0 Å². The third-order valence-corrected chi connectivity index (χ3v) is 3.96. The van der Waals surface area contributed by atoms with Crippen LogP contribution in [0.25, 0.3) is 11.0 Å². The number of aromatic nitrogens is 2. The van der Waals surface area contributed by atoms with E-state index >= 15 is 0 Å². The Morgan fingerprint density at radius 3 is 2.94 bits per heavy atom. The lowest BCUT2D eigenvalue weighted by Crippen LogP contribution is -2.16. The van der Waals surface area contributed by atoms with Gasteiger partial charge in [-0.3, -0.25) is 0 Å². The fourth-order valence-corrected chi connectivity index (χ4v) is 2.98. The second-order valence-electron chi connectivity index (χ2n) is 4.85. The molecular formula is C13H15FN2OS. The van der Waals surface area contributed by atoms with Gasteiger partial charge in [-0.1, -0.05) is 0 Å². The highest BCUT2D eigenvalue weighted by Crippen LogP contribution is 2.30. The first-order chi connectivity index (χ1) is 8.58. The van der Waals surface area contributed by atoms with Crippen molar-refractivity contribution >= 4 is 23.3 Å². The molecule has 0 spiro atoms. The molecule has 1 aliphatic rings. The number of hydrogen-bond donors (Lipinski definition) is 1. The molecule has 2 aromatic rings. The number of nitrogens with one attached hydrogen (secondary N) is 1. The van der Waals surface area contributed by atoms with Gasteiger partial charge in [-0.15, -0.1) is 0 Å². The SMILES string of the molecule is Cc1cc2c(cc1F)[nH]c(=S)n2C1CCOC1C. The molecule has 3 nitrogen and oxygen atoms in total.